The summed E-state index contributed by atoms with van der Waals surface area (Å²) in [4.78, 5) is 16.6. The van der Waals surface area contributed by atoms with E-state index in [-0.39, 0.29) is 30.4 Å². The number of hydrogen-bond acceptors (Lipinski definition) is 3. The summed E-state index contributed by atoms with van der Waals surface area (Å²) in [6.45, 7) is 6.22. The number of halogens is 1. The van der Waals surface area contributed by atoms with E-state index in [1.807, 2.05) is 4.90 Å². The predicted octanol–water partition coefficient (Wildman–Crippen LogP) is 1.30. The minimum atomic E-state index is -0.294. The maximum absolute atomic E-state index is 13.2. The number of fused-ring (bicyclic) bond motifs is 2. The molecular weight excluding hydrogens is 271 g/mol. The van der Waals surface area contributed by atoms with Gasteiger partial charge in [0.1, 0.15) is 5.82 Å². The lowest BCUT2D eigenvalue weighted by Crippen LogP contribution is -2.60. The standard InChI is InChI=1S/C16H21FN2O2/c1-2-18-8-14-10-19(11-15(9-18)21-14)16(20)7-12-4-3-5-13(17)6-12/h3-6,14-15H,2,7-11H2,1H3/t14-,15+. The van der Waals surface area contributed by atoms with Crippen molar-refractivity contribution >= 4 is 5.91 Å². The SMILES string of the molecule is CCN1C[C@@H]2CN(C(=O)Cc3cccc(F)c3)C[C@H](C1)O2. The van der Waals surface area contributed by atoms with Crippen molar-refractivity contribution in [2.45, 2.75) is 25.6 Å². The first-order valence-electron chi connectivity index (χ1n) is 7.54. The van der Waals surface area contributed by atoms with Gasteiger partial charge in [-0.3, -0.25) is 9.69 Å². The highest BCUT2D eigenvalue weighted by Crippen LogP contribution is 2.19. The molecule has 0 N–H and O–H groups in total. The molecule has 2 aliphatic rings. The summed E-state index contributed by atoms with van der Waals surface area (Å²) in [7, 11) is 0. The van der Waals surface area contributed by atoms with Crippen LogP contribution in [0.3, 0.4) is 0 Å². The molecule has 2 aliphatic heterocycles. The number of carbonyl (C=O) groups is 1. The van der Waals surface area contributed by atoms with Crippen LogP contribution in [0.25, 0.3) is 0 Å². The van der Waals surface area contributed by atoms with Crippen LogP contribution in [0, 0.1) is 5.82 Å². The molecule has 2 saturated heterocycles. The highest BCUT2D eigenvalue weighted by atomic mass is 19.1. The van der Waals surface area contributed by atoms with Gasteiger partial charge in [-0.1, -0.05) is 19.1 Å². The minimum absolute atomic E-state index is 0.0591. The van der Waals surface area contributed by atoms with Crippen LogP contribution in [0.2, 0.25) is 0 Å². The fourth-order valence-electron chi connectivity index (χ4n) is 3.17. The summed E-state index contributed by atoms with van der Waals surface area (Å²) >= 11 is 0. The van der Waals surface area contributed by atoms with E-state index < -0.39 is 0 Å². The van der Waals surface area contributed by atoms with Crippen molar-refractivity contribution in [3.05, 3.63) is 35.6 Å². The molecule has 1 amide bonds. The van der Waals surface area contributed by atoms with E-state index in [9.17, 15) is 9.18 Å². The Labute approximate surface area is 124 Å². The average molecular weight is 292 g/mol. The van der Waals surface area contributed by atoms with Gasteiger partial charge in [-0.15, -0.1) is 0 Å². The van der Waals surface area contributed by atoms with Crippen LogP contribution in [-0.2, 0) is 16.0 Å². The Morgan fingerprint density at radius 3 is 2.62 bits per heavy atom. The van der Waals surface area contributed by atoms with Crippen molar-refractivity contribution in [2.24, 2.45) is 0 Å². The van der Waals surface area contributed by atoms with Gasteiger partial charge >= 0.3 is 0 Å². The van der Waals surface area contributed by atoms with Crippen molar-refractivity contribution < 1.29 is 13.9 Å². The van der Waals surface area contributed by atoms with Crippen LogP contribution in [0.5, 0.6) is 0 Å². The van der Waals surface area contributed by atoms with Gasteiger partial charge in [0.15, 0.2) is 0 Å². The van der Waals surface area contributed by atoms with E-state index in [1.165, 1.54) is 12.1 Å². The molecule has 1 aromatic carbocycles. The molecule has 0 saturated carbocycles. The molecule has 2 fully saturated rings. The first kappa shape index (κ1) is 14.5. The molecule has 0 aliphatic carbocycles. The number of likely N-dealkylation sites (N-methyl/N-ethyl adjacent to an activating group) is 1. The van der Waals surface area contributed by atoms with E-state index in [1.54, 1.807) is 12.1 Å². The Morgan fingerprint density at radius 1 is 1.29 bits per heavy atom. The van der Waals surface area contributed by atoms with Gasteiger partial charge in [-0.05, 0) is 24.2 Å². The van der Waals surface area contributed by atoms with Crippen molar-refractivity contribution in [1.82, 2.24) is 9.80 Å². The van der Waals surface area contributed by atoms with E-state index in [2.05, 4.69) is 11.8 Å². The van der Waals surface area contributed by atoms with Gasteiger partial charge in [0.2, 0.25) is 5.91 Å². The van der Waals surface area contributed by atoms with Gasteiger partial charge in [0, 0.05) is 26.2 Å². The van der Waals surface area contributed by atoms with Crippen molar-refractivity contribution in [3.63, 3.8) is 0 Å². The normalized spacial score (nSPS) is 25.9. The maximum Gasteiger partial charge on any atom is 0.227 e. The van der Waals surface area contributed by atoms with E-state index >= 15 is 0 Å². The summed E-state index contributed by atoms with van der Waals surface area (Å²) in [5.74, 6) is -0.235. The third-order valence-electron chi connectivity index (χ3n) is 4.20. The molecule has 21 heavy (non-hydrogen) atoms. The number of benzene rings is 1. The Bertz CT molecular complexity index is 509. The van der Waals surface area contributed by atoms with Gasteiger partial charge in [-0.25, -0.2) is 4.39 Å². The Morgan fingerprint density at radius 2 is 2.00 bits per heavy atom. The monoisotopic (exact) mass is 292 g/mol. The fraction of sp³-hybridized carbons (Fsp3) is 0.562. The Kier molecular flexibility index (Phi) is 4.22. The zero-order chi connectivity index (χ0) is 14.8. The van der Waals surface area contributed by atoms with E-state index in [0.29, 0.717) is 13.1 Å². The van der Waals surface area contributed by atoms with Crippen LogP contribution < -0.4 is 0 Å². The molecular formula is C16H21FN2O2. The molecule has 2 atom stereocenters. The van der Waals surface area contributed by atoms with Crippen LogP contribution in [0.15, 0.2) is 24.3 Å². The van der Waals surface area contributed by atoms with Gasteiger partial charge < -0.3 is 9.64 Å². The third-order valence-corrected chi connectivity index (χ3v) is 4.20. The molecule has 0 aromatic heterocycles. The third kappa shape index (κ3) is 3.41. The van der Waals surface area contributed by atoms with Crippen molar-refractivity contribution in [3.8, 4) is 0 Å². The summed E-state index contributed by atoms with van der Waals surface area (Å²) in [5, 5.41) is 0. The van der Waals surface area contributed by atoms with Crippen molar-refractivity contribution in [2.75, 3.05) is 32.7 Å². The Hall–Kier alpha value is -1.46. The number of hydrogen-bond donors (Lipinski definition) is 0. The molecule has 2 heterocycles. The highest BCUT2D eigenvalue weighted by molar-refractivity contribution is 5.79. The molecule has 2 bridgehead atoms. The molecule has 114 valence electrons. The molecule has 0 radical (unpaired) electrons. The molecule has 0 unspecified atom stereocenters. The van der Waals surface area contributed by atoms with Gasteiger partial charge in [0.25, 0.3) is 0 Å². The first-order chi connectivity index (χ1) is 10.1. The maximum atomic E-state index is 13.2. The number of morpholine rings is 2. The van der Waals surface area contributed by atoms with Gasteiger partial charge in [0.05, 0.1) is 18.6 Å². The zero-order valence-electron chi connectivity index (χ0n) is 12.3. The lowest BCUT2D eigenvalue weighted by molar-refractivity contribution is -0.159. The number of carbonyl (C=O) groups excluding carboxylic acids is 1. The fourth-order valence-corrected chi connectivity index (χ4v) is 3.17. The largest absolute Gasteiger partial charge is 0.369 e. The average Bonchev–Trinajstić information content (AvgIpc) is 2.46. The summed E-state index contributed by atoms with van der Waals surface area (Å²) < 4.78 is 19.1. The number of amides is 1. The van der Waals surface area contributed by atoms with Gasteiger partial charge in [-0.2, -0.15) is 0 Å². The van der Waals surface area contributed by atoms with Crippen LogP contribution in [0.4, 0.5) is 4.39 Å². The predicted molar refractivity (Wildman–Crippen MR) is 77.5 cm³/mol. The lowest BCUT2D eigenvalue weighted by Gasteiger charge is -2.45. The highest BCUT2D eigenvalue weighted by Gasteiger charge is 2.35. The summed E-state index contributed by atoms with van der Waals surface area (Å²) in [6.07, 6.45) is 0.470. The summed E-state index contributed by atoms with van der Waals surface area (Å²) in [5.41, 5.74) is 0.729. The van der Waals surface area contributed by atoms with E-state index in [0.717, 1.165) is 25.2 Å². The van der Waals surface area contributed by atoms with E-state index in [4.69, 9.17) is 4.74 Å². The minimum Gasteiger partial charge on any atom is -0.369 e. The quantitative estimate of drug-likeness (QED) is 0.842. The molecule has 3 rings (SSSR count). The first-order valence-corrected chi connectivity index (χ1v) is 7.54. The topological polar surface area (TPSA) is 32.8 Å². The zero-order valence-corrected chi connectivity index (χ0v) is 12.3. The Balaban J connectivity index is 1.61. The second kappa shape index (κ2) is 6.12. The molecule has 5 heteroatoms. The van der Waals surface area contributed by atoms with Crippen molar-refractivity contribution in [1.29, 1.82) is 0 Å². The lowest BCUT2D eigenvalue weighted by atomic mass is 10.1. The second-order valence-corrected chi connectivity index (χ2v) is 5.84. The number of ether oxygens (including phenoxy) is 1. The second-order valence-electron chi connectivity index (χ2n) is 5.84. The van der Waals surface area contributed by atoms with Crippen LogP contribution in [0.1, 0.15) is 12.5 Å². The van der Waals surface area contributed by atoms with Crippen LogP contribution >= 0.6 is 0 Å². The van der Waals surface area contributed by atoms with Crippen LogP contribution in [-0.4, -0.2) is 60.6 Å². The number of rotatable bonds is 3. The molecule has 4 nitrogen and oxygen atoms in total. The summed E-state index contributed by atoms with van der Waals surface area (Å²) in [6, 6.07) is 6.26. The molecule has 1 aromatic rings. The molecule has 0 spiro atoms. The number of nitrogens with zero attached hydrogens (tertiary/aromatic N) is 2. The smallest absolute Gasteiger partial charge is 0.227 e.